The second-order valence-corrected chi connectivity index (χ2v) is 5.31. The molecule has 0 spiro atoms. The predicted octanol–water partition coefficient (Wildman–Crippen LogP) is 4.15. The lowest BCUT2D eigenvalue weighted by Gasteiger charge is -2.22. The summed E-state index contributed by atoms with van der Waals surface area (Å²) in [5.74, 6) is 0.657. The molecule has 2 N–H and O–H groups in total. The fraction of sp³-hybridized carbons (Fsp3) is 0.500. The highest BCUT2D eigenvalue weighted by Gasteiger charge is 2.16. The highest BCUT2D eigenvalue weighted by atomic mass is 16.4. The predicted molar refractivity (Wildman–Crippen MR) is 80.1 cm³/mol. The molecule has 0 unspecified atom stereocenters. The Labute approximate surface area is 119 Å². The molecular formula is C16H22N2O2. The molecule has 0 saturated heterocycles. The molecule has 1 aliphatic carbocycles. The summed E-state index contributed by atoms with van der Waals surface area (Å²) in [6, 6.07) is 8.09. The lowest BCUT2D eigenvalue weighted by molar-refractivity contribution is 0.313. The molecular weight excluding hydrogens is 252 g/mol. The topological polar surface area (TPSA) is 65.2 Å². The van der Waals surface area contributed by atoms with Crippen LogP contribution in [0.3, 0.4) is 0 Å². The molecule has 108 valence electrons. The molecule has 0 aliphatic heterocycles. The Morgan fingerprint density at radius 3 is 2.20 bits per heavy atom. The maximum Gasteiger partial charge on any atom is 0.134 e. The van der Waals surface area contributed by atoms with Gasteiger partial charge in [-0.1, -0.05) is 60.8 Å². The van der Waals surface area contributed by atoms with E-state index in [1.165, 1.54) is 37.7 Å². The van der Waals surface area contributed by atoms with Crippen LogP contribution in [-0.4, -0.2) is 21.8 Å². The quantitative estimate of drug-likeness (QED) is 0.492. The van der Waals surface area contributed by atoms with E-state index in [-0.39, 0.29) is 0 Å². The summed E-state index contributed by atoms with van der Waals surface area (Å²) in [6.45, 7) is 1.86. The van der Waals surface area contributed by atoms with Crippen molar-refractivity contribution in [2.45, 2.75) is 51.4 Å². The minimum absolute atomic E-state index is 0.338. The molecule has 0 heterocycles. The maximum absolute atomic E-state index is 9.13. The van der Waals surface area contributed by atoms with Gasteiger partial charge in [-0.15, -0.1) is 0 Å². The van der Waals surface area contributed by atoms with Gasteiger partial charge in [-0.3, -0.25) is 0 Å². The van der Waals surface area contributed by atoms with E-state index in [1.807, 2.05) is 19.1 Å². The molecule has 20 heavy (non-hydrogen) atoms. The number of benzene rings is 1. The summed E-state index contributed by atoms with van der Waals surface area (Å²) >= 11 is 0. The Bertz CT molecular complexity index is 486. The monoisotopic (exact) mass is 274 g/mol. The van der Waals surface area contributed by atoms with Crippen LogP contribution in [0.1, 0.15) is 62.5 Å². The van der Waals surface area contributed by atoms with Gasteiger partial charge < -0.3 is 10.4 Å². The van der Waals surface area contributed by atoms with Crippen LogP contribution in [0.5, 0.6) is 0 Å². The van der Waals surface area contributed by atoms with Gasteiger partial charge in [0.25, 0.3) is 0 Å². The van der Waals surface area contributed by atoms with Crippen LogP contribution in [0.15, 0.2) is 34.6 Å². The average Bonchev–Trinajstić information content (AvgIpc) is 2.53. The van der Waals surface area contributed by atoms with Gasteiger partial charge in [0.05, 0.1) is 0 Å². The van der Waals surface area contributed by atoms with E-state index >= 15 is 0 Å². The van der Waals surface area contributed by atoms with Gasteiger partial charge in [-0.25, -0.2) is 0 Å². The SMILES string of the molecule is CCC(=N/O)/C(=N\O)c1ccc(C2CCCCC2)cc1. The Hall–Kier alpha value is -1.84. The smallest absolute Gasteiger partial charge is 0.134 e. The van der Waals surface area contributed by atoms with Gasteiger partial charge in [0.15, 0.2) is 0 Å². The van der Waals surface area contributed by atoms with Crippen molar-refractivity contribution in [3.8, 4) is 0 Å². The molecule has 1 saturated carbocycles. The molecule has 1 aromatic rings. The van der Waals surface area contributed by atoms with Gasteiger partial charge in [0, 0.05) is 5.56 Å². The summed E-state index contributed by atoms with van der Waals surface area (Å²) in [4.78, 5) is 0. The molecule has 4 nitrogen and oxygen atoms in total. The Morgan fingerprint density at radius 1 is 1.05 bits per heavy atom. The zero-order valence-corrected chi connectivity index (χ0v) is 11.9. The third kappa shape index (κ3) is 3.18. The van der Waals surface area contributed by atoms with E-state index in [0.717, 1.165) is 5.56 Å². The highest BCUT2D eigenvalue weighted by Crippen LogP contribution is 2.32. The summed E-state index contributed by atoms with van der Waals surface area (Å²) in [6.07, 6.45) is 7.01. The van der Waals surface area contributed by atoms with Crippen LogP contribution >= 0.6 is 0 Å². The van der Waals surface area contributed by atoms with Crippen molar-refractivity contribution in [3.63, 3.8) is 0 Å². The zero-order chi connectivity index (χ0) is 14.4. The fourth-order valence-corrected chi connectivity index (χ4v) is 2.92. The van der Waals surface area contributed by atoms with Gasteiger partial charge in [0.1, 0.15) is 11.4 Å². The number of oxime groups is 2. The van der Waals surface area contributed by atoms with Crippen LogP contribution < -0.4 is 0 Å². The number of rotatable bonds is 4. The summed E-state index contributed by atoms with van der Waals surface area (Å²) < 4.78 is 0. The van der Waals surface area contributed by atoms with Crippen molar-refractivity contribution in [1.82, 2.24) is 0 Å². The first kappa shape index (κ1) is 14.6. The van der Waals surface area contributed by atoms with Gasteiger partial charge in [0.2, 0.25) is 0 Å². The second-order valence-electron chi connectivity index (χ2n) is 5.31. The first-order chi connectivity index (χ1) is 9.80. The minimum atomic E-state index is 0.338. The molecule has 0 atom stereocenters. The van der Waals surface area contributed by atoms with E-state index in [9.17, 15) is 0 Å². The van der Waals surface area contributed by atoms with Crippen LogP contribution in [0, 0.1) is 0 Å². The average molecular weight is 274 g/mol. The van der Waals surface area contributed by atoms with Crippen molar-refractivity contribution in [1.29, 1.82) is 0 Å². The normalized spacial score (nSPS) is 18.2. The van der Waals surface area contributed by atoms with E-state index in [2.05, 4.69) is 22.4 Å². The largest absolute Gasteiger partial charge is 0.411 e. The summed E-state index contributed by atoms with van der Waals surface area (Å²) in [5.41, 5.74) is 2.86. The molecule has 0 bridgehead atoms. The van der Waals surface area contributed by atoms with E-state index in [0.29, 0.717) is 23.8 Å². The van der Waals surface area contributed by atoms with E-state index < -0.39 is 0 Å². The first-order valence-corrected chi connectivity index (χ1v) is 7.33. The lowest BCUT2D eigenvalue weighted by atomic mass is 9.83. The van der Waals surface area contributed by atoms with Crippen molar-refractivity contribution in [2.24, 2.45) is 10.3 Å². The van der Waals surface area contributed by atoms with Gasteiger partial charge in [-0.05, 0) is 30.7 Å². The van der Waals surface area contributed by atoms with Crippen LogP contribution in [0.25, 0.3) is 0 Å². The number of hydrogen-bond donors (Lipinski definition) is 2. The maximum atomic E-state index is 9.13. The molecule has 0 aromatic heterocycles. The third-order valence-electron chi connectivity index (χ3n) is 4.09. The number of nitrogens with zero attached hydrogens (tertiary/aromatic N) is 2. The molecule has 4 heteroatoms. The lowest BCUT2D eigenvalue weighted by Crippen LogP contribution is -2.15. The van der Waals surface area contributed by atoms with E-state index in [1.54, 1.807) is 0 Å². The van der Waals surface area contributed by atoms with Crippen molar-refractivity contribution < 1.29 is 10.4 Å². The molecule has 2 rings (SSSR count). The summed E-state index contributed by atoms with van der Waals surface area (Å²) in [5, 5.41) is 24.5. The molecule has 1 aliphatic rings. The van der Waals surface area contributed by atoms with Crippen molar-refractivity contribution in [3.05, 3.63) is 35.4 Å². The Balaban J connectivity index is 2.18. The number of hydrogen-bond acceptors (Lipinski definition) is 4. The van der Waals surface area contributed by atoms with Crippen LogP contribution in [-0.2, 0) is 0 Å². The molecule has 1 aromatic carbocycles. The van der Waals surface area contributed by atoms with Crippen LogP contribution in [0.2, 0.25) is 0 Å². The van der Waals surface area contributed by atoms with Gasteiger partial charge >= 0.3 is 0 Å². The Morgan fingerprint density at radius 2 is 1.70 bits per heavy atom. The summed E-state index contributed by atoms with van der Waals surface area (Å²) in [7, 11) is 0. The fourth-order valence-electron chi connectivity index (χ4n) is 2.92. The third-order valence-corrected chi connectivity index (χ3v) is 4.09. The second kappa shape index (κ2) is 7.08. The molecule has 0 amide bonds. The first-order valence-electron chi connectivity index (χ1n) is 7.33. The van der Waals surface area contributed by atoms with E-state index in [4.69, 9.17) is 10.4 Å². The van der Waals surface area contributed by atoms with Crippen molar-refractivity contribution >= 4 is 11.4 Å². The minimum Gasteiger partial charge on any atom is -0.411 e. The highest BCUT2D eigenvalue weighted by molar-refractivity contribution is 6.48. The molecule has 1 fully saturated rings. The van der Waals surface area contributed by atoms with Crippen LogP contribution in [0.4, 0.5) is 0 Å². The van der Waals surface area contributed by atoms with Crippen molar-refractivity contribution in [2.75, 3.05) is 0 Å². The standard InChI is InChI=1S/C16H22N2O2/c1-2-15(17-19)16(18-20)14-10-8-13(9-11-14)12-6-4-3-5-7-12/h8-12,19-20H,2-7H2,1H3/b17-15-,18-16-. The zero-order valence-electron chi connectivity index (χ0n) is 11.9. The van der Waals surface area contributed by atoms with Gasteiger partial charge in [-0.2, -0.15) is 0 Å². The molecule has 0 radical (unpaired) electrons. The Kier molecular flexibility index (Phi) is 5.16.